The second kappa shape index (κ2) is 5.50. The molecule has 120 valence electrons. The van der Waals surface area contributed by atoms with Crippen molar-refractivity contribution in [3.8, 4) is 0 Å². The van der Waals surface area contributed by atoms with Crippen molar-refractivity contribution in [2.75, 3.05) is 0 Å². The van der Waals surface area contributed by atoms with E-state index in [4.69, 9.17) is 0 Å². The molecule has 0 saturated heterocycles. The predicted molar refractivity (Wildman–Crippen MR) is 99.2 cm³/mol. The van der Waals surface area contributed by atoms with Gasteiger partial charge in [-0.25, -0.2) is 13.8 Å². The third kappa shape index (κ3) is 2.21. The number of benzene rings is 2. The van der Waals surface area contributed by atoms with Crippen LogP contribution in [0.3, 0.4) is 0 Å². The van der Waals surface area contributed by atoms with Crippen molar-refractivity contribution < 1.29 is 4.39 Å². The molecule has 0 aliphatic rings. The summed E-state index contributed by atoms with van der Waals surface area (Å²) in [6.45, 7) is 4.02. The Bertz CT molecular complexity index is 1230. The second-order valence-corrected chi connectivity index (χ2v) is 7.47. The first kappa shape index (κ1) is 15.5. The molecule has 24 heavy (non-hydrogen) atoms. The lowest BCUT2D eigenvalue weighted by Gasteiger charge is -2.03. The Labute approximate surface area is 149 Å². The Morgan fingerprint density at radius 1 is 1.29 bits per heavy atom. The minimum absolute atomic E-state index is 0.170. The molecule has 0 bridgehead atoms. The smallest absolute Gasteiger partial charge is 0.267 e. The van der Waals surface area contributed by atoms with Gasteiger partial charge < -0.3 is 0 Å². The van der Waals surface area contributed by atoms with E-state index in [1.54, 1.807) is 28.7 Å². The van der Waals surface area contributed by atoms with Crippen LogP contribution in [0.15, 0.2) is 39.6 Å². The number of hydrogen-bond acceptors (Lipinski definition) is 3. The van der Waals surface area contributed by atoms with E-state index in [1.165, 1.54) is 17.4 Å². The van der Waals surface area contributed by atoms with Crippen LogP contribution in [-0.2, 0) is 0 Å². The number of fused-ring (bicyclic) bond motifs is 3. The SMILES string of the molecule is Cc1cc2c(nc3s/c(=C/c4ccccc4F)c(=O)n32)c(Br)c1C. The molecule has 0 N–H and O–H groups in total. The molecule has 4 aromatic rings. The average molecular weight is 403 g/mol. The van der Waals surface area contributed by atoms with E-state index in [-0.39, 0.29) is 11.4 Å². The zero-order chi connectivity index (χ0) is 17.0. The summed E-state index contributed by atoms with van der Waals surface area (Å²) in [6.07, 6.45) is 1.58. The lowest BCUT2D eigenvalue weighted by molar-refractivity contribution is 0.625. The second-order valence-electron chi connectivity index (χ2n) is 5.67. The van der Waals surface area contributed by atoms with Crippen LogP contribution < -0.4 is 10.1 Å². The molecule has 0 spiro atoms. The quantitative estimate of drug-likeness (QED) is 0.482. The van der Waals surface area contributed by atoms with Crippen molar-refractivity contribution in [3.05, 3.63) is 72.2 Å². The normalized spacial score (nSPS) is 12.6. The van der Waals surface area contributed by atoms with Crippen molar-refractivity contribution in [2.24, 2.45) is 0 Å². The van der Waals surface area contributed by atoms with E-state index in [9.17, 15) is 9.18 Å². The van der Waals surface area contributed by atoms with Crippen LogP contribution in [0.1, 0.15) is 16.7 Å². The first-order chi connectivity index (χ1) is 11.5. The van der Waals surface area contributed by atoms with Crippen LogP contribution in [0.2, 0.25) is 0 Å². The minimum Gasteiger partial charge on any atom is -0.267 e. The van der Waals surface area contributed by atoms with Crippen molar-refractivity contribution >= 4 is 49.3 Å². The van der Waals surface area contributed by atoms with E-state index >= 15 is 0 Å². The third-order valence-corrected chi connectivity index (χ3v) is 6.11. The Morgan fingerprint density at radius 3 is 2.79 bits per heavy atom. The van der Waals surface area contributed by atoms with Crippen LogP contribution in [0, 0.1) is 19.7 Å². The van der Waals surface area contributed by atoms with Gasteiger partial charge in [-0.1, -0.05) is 29.5 Å². The fraction of sp³-hybridized carbons (Fsp3) is 0.111. The van der Waals surface area contributed by atoms with Crippen molar-refractivity contribution in [1.29, 1.82) is 0 Å². The fourth-order valence-electron chi connectivity index (χ4n) is 2.71. The van der Waals surface area contributed by atoms with Gasteiger partial charge in [0.25, 0.3) is 5.56 Å². The van der Waals surface area contributed by atoms with Crippen LogP contribution >= 0.6 is 27.3 Å². The number of imidazole rings is 1. The molecule has 0 aliphatic carbocycles. The Hall–Kier alpha value is -2.05. The summed E-state index contributed by atoms with van der Waals surface area (Å²) in [6, 6.07) is 8.38. The lowest BCUT2D eigenvalue weighted by atomic mass is 10.1. The first-order valence-corrected chi connectivity index (χ1v) is 8.95. The molecule has 0 saturated carbocycles. The van der Waals surface area contributed by atoms with Crippen LogP contribution in [-0.4, -0.2) is 9.38 Å². The van der Waals surface area contributed by atoms with Crippen LogP contribution in [0.5, 0.6) is 0 Å². The zero-order valence-corrected chi connectivity index (χ0v) is 15.3. The molecule has 3 nitrogen and oxygen atoms in total. The zero-order valence-electron chi connectivity index (χ0n) is 12.9. The van der Waals surface area contributed by atoms with Gasteiger partial charge in [-0.3, -0.25) is 4.79 Å². The average Bonchev–Trinajstić information content (AvgIpc) is 3.05. The number of halogens is 2. The van der Waals surface area contributed by atoms with Gasteiger partial charge in [0.15, 0.2) is 4.96 Å². The molecular formula is C18H12BrFN2OS. The number of rotatable bonds is 1. The highest BCUT2D eigenvalue weighted by Crippen LogP contribution is 2.30. The molecule has 0 unspecified atom stereocenters. The number of aromatic nitrogens is 2. The lowest BCUT2D eigenvalue weighted by Crippen LogP contribution is -2.22. The number of aryl methyl sites for hydroxylation is 1. The van der Waals surface area contributed by atoms with E-state index in [2.05, 4.69) is 20.9 Å². The van der Waals surface area contributed by atoms with E-state index < -0.39 is 0 Å². The van der Waals surface area contributed by atoms with Gasteiger partial charge in [0.05, 0.1) is 10.0 Å². The molecule has 2 aromatic heterocycles. The molecule has 2 aromatic carbocycles. The number of hydrogen-bond donors (Lipinski definition) is 0. The topological polar surface area (TPSA) is 34.4 Å². The summed E-state index contributed by atoms with van der Waals surface area (Å²) in [5, 5.41) is 0. The van der Waals surface area contributed by atoms with Crippen LogP contribution in [0.4, 0.5) is 4.39 Å². The highest BCUT2D eigenvalue weighted by molar-refractivity contribution is 9.10. The van der Waals surface area contributed by atoms with Gasteiger partial charge in [-0.2, -0.15) is 0 Å². The van der Waals surface area contributed by atoms with Crippen molar-refractivity contribution in [3.63, 3.8) is 0 Å². The highest BCUT2D eigenvalue weighted by Gasteiger charge is 2.16. The van der Waals surface area contributed by atoms with Gasteiger partial charge in [0.2, 0.25) is 0 Å². The Kier molecular flexibility index (Phi) is 3.54. The molecule has 0 atom stereocenters. The fourth-order valence-corrected chi connectivity index (χ4v) is 4.29. The van der Waals surface area contributed by atoms with Crippen molar-refractivity contribution in [1.82, 2.24) is 9.38 Å². The maximum absolute atomic E-state index is 13.8. The van der Waals surface area contributed by atoms with Gasteiger partial charge in [-0.15, -0.1) is 0 Å². The van der Waals surface area contributed by atoms with Crippen molar-refractivity contribution in [2.45, 2.75) is 13.8 Å². The molecule has 0 amide bonds. The van der Waals surface area contributed by atoms with E-state index in [1.807, 2.05) is 19.9 Å². The van der Waals surface area contributed by atoms with Gasteiger partial charge in [0.1, 0.15) is 11.3 Å². The summed E-state index contributed by atoms with van der Waals surface area (Å²) >= 11 is 4.84. The first-order valence-electron chi connectivity index (χ1n) is 7.34. The van der Waals surface area contributed by atoms with Gasteiger partial charge >= 0.3 is 0 Å². The molecular weight excluding hydrogens is 391 g/mol. The Balaban J connectivity index is 2.07. The number of thiazole rings is 1. The predicted octanol–water partition coefficient (Wildman–Crippen LogP) is 3.98. The molecule has 6 heteroatoms. The molecule has 0 aliphatic heterocycles. The summed E-state index contributed by atoms with van der Waals surface area (Å²) in [5.41, 5.74) is 3.97. The molecule has 2 heterocycles. The monoisotopic (exact) mass is 402 g/mol. The largest absolute Gasteiger partial charge is 0.274 e. The molecule has 4 rings (SSSR count). The summed E-state index contributed by atoms with van der Waals surface area (Å²) in [4.78, 5) is 18.0. The molecule has 0 radical (unpaired) electrons. The highest BCUT2D eigenvalue weighted by atomic mass is 79.9. The third-order valence-electron chi connectivity index (χ3n) is 4.17. The minimum atomic E-state index is -0.345. The van der Waals surface area contributed by atoms with Crippen LogP contribution in [0.25, 0.3) is 22.1 Å². The number of nitrogens with zero attached hydrogens (tertiary/aromatic N) is 2. The Morgan fingerprint density at radius 2 is 2.04 bits per heavy atom. The maximum atomic E-state index is 13.8. The summed E-state index contributed by atoms with van der Waals surface area (Å²) in [5.74, 6) is -0.345. The maximum Gasteiger partial charge on any atom is 0.274 e. The van der Waals surface area contributed by atoms with Gasteiger partial charge in [-0.05, 0) is 59.1 Å². The summed E-state index contributed by atoms with van der Waals surface area (Å²) in [7, 11) is 0. The summed E-state index contributed by atoms with van der Waals surface area (Å²) < 4.78 is 16.8. The molecule has 0 fully saturated rings. The van der Waals surface area contributed by atoms with E-state index in [0.29, 0.717) is 15.1 Å². The van der Waals surface area contributed by atoms with Gasteiger partial charge in [0, 0.05) is 10.0 Å². The standard InChI is InChI=1S/C18H12BrFN2OS/c1-9-7-13-16(15(19)10(9)2)21-18-22(13)17(23)14(24-18)8-11-5-3-4-6-12(11)20/h3-8H,1-2H3/b14-8+. The van der Waals surface area contributed by atoms with E-state index in [0.717, 1.165) is 26.6 Å².